The predicted molar refractivity (Wildman–Crippen MR) is 120 cm³/mol. The van der Waals surface area contributed by atoms with Crippen molar-refractivity contribution in [2.24, 2.45) is 0 Å². The van der Waals surface area contributed by atoms with Crippen molar-refractivity contribution in [2.45, 2.75) is 25.2 Å². The van der Waals surface area contributed by atoms with E-state index < -0.39 is 0 Å². The van der Waals surface area contributed by atoms with E-state index >= 15 is 0 Å². The molecule has 0 aliphatic carbocycles. The van der Waals surface area contributed by atoms with Crippen LogP contribution in [0.4, 0.5) is 5.13 Å². The predicted octanol–water partition coefficient (Wildman–Crippen LogP) is 4.53. The monoisotopic (exact) mass is 411 g/mol. The lowest BCUT2D eigenvalue weighted by Gasteiger charge is -2.34. The Labute approximate surface area is 174 Å². The minimum absolute atomic E-state index is 0.215. The van der Waals surface area contributed by atoms with Gasteiger partial charge in [-0.2, -0.15) is 0 Å². The Balaban J connectivity index is 1.39. The lowest BCUT2D eigenvalue weighted by Crippen LogP contribution is -2.49. The van der Waals surface area contributed by atoms with Crippen molar-refractivity contribution in [1.29, 1.82) is 0 Å². The molecule has 4 nitrogen and oxygen atoms in total. The van der Waals surface area contributed by atoms with Crippen molar-refractivity contribution in [1.82, 2.24) is 9.88 Å². The fourth-order valence-corrected chi connectivity index (χ4v) is 5.13. The van der Waals surface area contributed by atoms with Crippen molar-refractivity contribution in [3.63, 3.8) is 0 Å². The van der Waals surface area contributed by atoms with Gasteiger partial charge >= 0.3 is 0 Å². The molecule has 0 radical (unpaired) electrons. The molecule has 0 N–H and O–H groups in total. The summed E-state index contributed by atoms with van der Waals surface area (Å²) >= 11 is 3.49. The molecule has 1 saturated heterocycles. The largest absolute Gasteiger partial charge is 0.345 e. The van der Waals surface area contributed by atoms with Crippen molar-refractivity contribution in [3.8, 4) is 0 Å². The summed E-state index contributed by atoms with van der Waals surface area (Å²) in [6.45, 7) is 7.47. The second-order valence-corrected chi connectivity index (χ2v) is 9.12. The summed E-state index contributed by atoms with van der Waals surface area (Å²) in [5.41, 5.74) is 4.71. The van der Waals surface area contributed by atoms with Crippen LogP contribution >= 0.6 is 23.1 Å². The lowest BCUT2D eigenvalue weighted by molar-refractivity contribution is -0.130. The lowest BCUT2D eigenvalue weighted by atomic mass is 10.1. The maximum atomic E-state index is 12.7. The number of aromatic nitrogens is 1. The minimum atomic E-state index is 0.215. The van der Waals surface area contributed by atoms with Gasteiger partial charge in [0.25, 0.3) is 0 Å². The van der Waals surface area contributed by atoms with Gasteiger partial charge in [-0.3, -0.25) is 4.79 Å². The summed E-state index contributed by atoms with van der Waals surface area (Å²) < 4.78 is 1.28. The van der Waals surface area contributed by atoms with Crippen LogP contribution in [-0.2, 0) is 11.2 Å². The highest BCUT2D eigenvalue weighted by Gasteiger charge is 2.23. The van der Waals surface area contributed by atoms with E-state index in [1.807, 2.05) is 4.90 Å². The summed E-state index contributed by atoms with van der Waals surface area (Å²) in [5.74, 6) is 0.215. The summed E-state index contributed by atoms with van der Waals surface area (Å²) in [6.07, 6.45) is 2.54. The molecule has 6 heteroatoms. The number of carbonyl (C=O) groups excluding carboxylic acids is 1. The first-order valence-corrected chi connectivity index (χ1v) is 11.6. The number of carbonyl (C=O) groups is 1. The molecule has 2 aromatic carbocycles. The molecule has 1 aliphatic rings. The Bertz CT molecular complexity index is 950. The first-order chi connectivity index (χ1) is 13.5. The summed E-state index contributed by atoms with van der Waals surface area (Å²) in [4.78, 5) is 23.1. The van der Waals surface area contributed by atoms with Crippen molar-refractivity contribution >= 4 is 44.4 Å². The van der Waals surface area contributed by atoms with Crippen LogP contribution in [0.5, 0.6) is 0 Å². The molecule has 0 atom stereocenters. The molecule has 0 bridgehead atoms. The molecule has 0 unspecified atom stereocenters. The quantitative estimate of drug-likeness (QED) is 0.591. The van der Waals surface area contributed by atoms with E-state index in [4.69, 9.17) is 4.98 Å². The number of fused-ring (bicyclic) bond motifs is 1. The van der Waals surface area contributed by atoms with Crippen LogP contribution in [0.2, 0.25) is 0 Å². The van der Waals surface area contributed by atoms with E-state index in [9.17, 15) is 4.79 Å². The number of rotatable bonds is 4. The van der Waals surface area contributed by atoms with E-state index in [-0.39, 0.29) is 5.91 Å². The molecular formula is C22H25N3OS2. The number of thioether (sulfide) groups is 1. The summed E-state index contributed by atoms with van der Waals surface area (Å²) in [5, 5.41) is 1.08. The number of nitrogens with zero attached hydrogens (tertiary/aromatic N) is 3. The number of hydrogen-bond acceptors (Lipinski definition) is 5. The van der Waals surface area contributed by atoms with Gasteiger partial charge in [0, 0.05) is 31.1 Å². The molecular weight excluding hydrogens is 386 g/mol. The maximum Gasteiger partial charge on any atom is 0.227 e. The van der Waals surface area contributed by atoms with Gasteiger partial charge in [-0.25, -0.2) is 4.98 Å². The van der Waals surface area contributed by atoms with Gasteiger partial charge in [-0.15, -0.1) is 11.8 Å². The van der Waals surface area contributed by atoms with E-state index in [2.05, 4.69) is 61.4 Å². The summed E-state index contributed by atoms with van der Waals surface area (Å²) in [6, 6.07) is 12.6. The molecule has 4 rings (SSSR count). The minimum Gasteiger partial charge on any atom is -0.345 e. The Hall–Kier alpha value is -2.05. The van der Waals surface area contributed by atoms with E-state index in [1.54, 1.807) is 23.1 Å². The number of benzene rings is 2. The van der Waals surface area contributed by atoms with Gasteiger partial charge in [0.1, 0.15) is 0 Å². The molecule has 1 aliphatic heterocycles. The van der Waals surface area contributed by atoms with Crippen molar-refractivity contribution in [3.05, 3.63) is 53.1 Å². The Morgan fingerprint density at radius 2 is 1.71 bits per heavy atom. The fourth-order valence-electron chi connectivity index (χ4n) is 3.56. The molecule has 146 valence electrons. The summed E-state index contributed by atoms with van der Waals surface area (Å²) in [7, 11) is 0. The third-order valence-electron chi connectivity index (χ3n) is 5.35. The molecule has 0 spiro atoms. The second kappa shape index (κ2) is 8.13. The van der Waals surface area contributed by atoms with Crippen LogP contribution in [0.3, 0.4) is 0 Å². The molecule has 1 aromatic heterocycles. The fraction of sp³-hybridized carbons (Fsp3) is 0.364. The number of aryl methyl sites for hydroxylation is 2. The average Bonchev–Trinajstić information content (AvgIpc) is 3.18. The Morgan fingerprint density at radius 3 is 2.36 bits per heavy atom. The number of piperazine rings is 1. The smallest absolute Gasteiger partial charge is 0.227 e. The Kier molecular flexibility index (Phi) is 5.60. The van der Waals surface area contributed by atoms with Crippen LogP contribution in [0.1, 0.15) is 16.7 Å². The average molecular weight is 412 g/mol. The maximum absolute atomic E-state index is 12.7. The van der Waals surface area contributed by atoms with Gasteiger partial charge in [0.2, 0.25) is 5.91 Å². The highest BCUT2D eigenvalue weighted by atomic mass is 32.2. The van der Waals surface area contributed by atoms with Crippen LogP contribution in [0.25, 0.3) is 10.2 Å². The zero-order valence-corrected chi connectivity index (χ0v) is 18.2. The van der Waals surface area contributed by atoms with Gasteiger partial charge in [-0.1, -0.05) is 35.6 Å². The third kappa shape index (κ3) is 3.89. The van der Waals surface area contributed by atoms with Crippen molar-refractivity contribution < 1.29 is 4.79 Å². The van der Waals surface area contributed by atoms with Crippen LogP contribution in [-0.4, -0.2) is 48.2 Å². The van der Waals surface area contributed by atoms with Crippen LogP contribution in [0, 0.1) is 13.8 Å². The zero-order chi connectivity index (χ0) is 19.7. The normalized spacial score (nSPS) is 14.7. The first kappa shape index (κ1) is 19.3. The standard InChI is InChI=1S/C22H25N3OS2/c1-15-4-5-16(2)21-20(15)23-22(28-21)25-12-10-24(11-13-25)19(26)14-17-6-8-18(27-3)9-7-17/h4-9H,10-14H2,1-3H3. The van der Waals surface area contributed by atoms with Crippen molar-refractivity contribution in [2.75, 3.05) is 37.3 Å². The zero-order valence-electron chi connectivity index (χ0n) is 16.6. The second-order valence-electron chi connectivity index (χ2n) is 7.27. The molecule has 1 amide bonds. The van der Waals surface area contributed by atoms with Crippen LogP contribution in [0.15, 0.2) is 41.3 Å². The van der Waals surface area contributed by atoms with Gasteiger partial charge in [0.15, 0.2) is 5.13 Å². The Morgan fingerprint density at radius 1 is 1.04 bits per heavy atom. The van der Waals surface area contributed by atoms with E-state index in [0.717, 1.165) is 42.4 Å². The number of anilines is 1. The molecule has 0 saturated carbocycles. The molecule has 1 fully saturated rings. The molecule has 28 heavy (non-hydrogen) atoms. The highest BCUT2D eigenvalue weighted by molar-refractivity contribution is 7.98. The van der Waals surface area contributed by atoms with Gasteiger partial charge in [0.05, 0.1) is 16.6 Å². The SMILES string of the molecule is CSc1ccc(CC(=O)N2CCN(c3nc4c(C)ccc(C)c4s3)CC2)cc1. The van der Waals surface area contributed by atoms with Gasteiger partial charge < -0.3 is 9.80 Å². The topological polar surface area (TPSA) is 36.4 Å². The third-order valence-corrected chi connectivity index (χ3v) is 7.34. The number of amides is 1. The molecule has 3 aromatic rings. The number of hydrogen-bond donors (Lipinski definition) is 0. The highest BCUT2D eigenvalue weighted by Crippen LogP contribution is 2.33. The van der Waals surface area contributed by atoms with Crippen LogP contribution < -0.4 is 4.90 Å². The first-order valence-electron chi connectivity index (χ1n) is 9.57. The molecule has 2 heterocycles. The number of thiazole rings is 1. The van der Waals surface area contributed by atoms with E-state index in [1.165, 1.54) is 20.7 Å². The van der Waals surface area contributed by atoms with E-state index in [0.29, 0.717) is 6.42 Å². The van der Waals surface area contributed by atoms with Gasteiger partial charge in [-0.05, 0) is 48.9 Å².